The molecule has 1 amide bonds. The van der Waals surface area contributed by atoms with Crippen LogP contribution in [-0.2, 0) is 27.4 Å². The van der Waals surface area contributed by atoms with Crippen molar-refractivity contribution in [1.82, 2.24) is 25.5 Å². The maximum Gasteiger partial charge on any atom is 0.217 e. The molecule has 0 unspecified atom stereocenters. The molecule has 1 aliphatic heterocycles. The third kappa shape index (κ3) is 6.46. The fourth-order valence-electron chi connectivity index (χ4n) is 4.21. The van der Waals surface area contributed by atoms with Gasteiger partial charge in [0.15, 0.2) is 6.29 Å². The Morgan fingerprint density at radius 3 is 2.42 bits per heavy atom. The van der Waals surface area contributed by atoms with Crippen molar-refractivity contribution in [3.05, 3.63) is 101 Å². The molecule has 1 aromatic heterocycles. The van der Waals surface area contributed by atoms with E-state index in [4.69, 9.17) is 9.47 Å². The van der Waals surface area contributed by atoms with E-state index in [0.29, 0.717) is 23.9 Å². The predicted molar refractivity (Wildman–Crippen MR) is 142 cm³/mol. The van der Waals surface area contributed by atoms with Crippen molar-refractivity contribution < 1.29 is 19.4 Å². The Morgan fingerprint density at radius 1 is 1.00 bits per heavy atom. The zero-order valence-corrected chi connectivity index (χ0v) is 21.8. The summed E-state index contributed by atoms with van der Waals surface area (Å²) in [4.78, 5) is 11.2. The molecule has 2 N–H and O–H groups in total. The summed E-state index contributed by atoms with van der Waals surface area (Å²) in [6, 6.07) is 25.5. The van der Waals surface area contributed by atoms with Crippen LogP contribution in [0, 0.1) is 0 Å². The Labute approximate surface area is 225 Å². The topological polar surface area (TPSA) is 111 Å². The average molecular weight is 532 g/mol. The van der Waals surface area contributed by atoms with Crippen molar-refractivity contribution in [2.75, 3.05) is 5.75 Å². The molecular formula is C28H29N5O4S. The molecule has 196 valence electrons. The smallest absolute Gasteiger partial charge is 0.217 e. The third-order valence-corrected chi connectivity index (χ3v) is 7.30. The van der Waals surface area contributed by atoms with Gasteiger partial charge in [-0.25, -0.2) is 0 Å². The van der Waals surface area contributed by atoms with E-state index in [-0.39, 0.29) is 24.7 Å². The number of aromatic nitrogens is 4. The second-order valence-electron chi connectivity index (χ2n) is 9.02. The van der Waals surface area contributed by atoms with Crippen molar-refractivity contribution >= 4 is 17.7 Å². The Kier molecular flexibility index (Phi) is 8.44. The number of carbonyl (C=O) groups excluding carboxylic acids is 1. The lowest BCUT2D eigenvalue weighted by molar-refractivity contribution is -0.245. The van der Waals surface area contributed by atoms with Crippen LogP contribution in [-0.4, -0.2) is 43.1 Å². The fraction of sp³-hybridized carbons (Fsp3) is 0.286. The van der Waals surface area contributed by atoms with Crippen LogP contribution in [0.25, 0.3) is 5.69 Å². The Morgan fingerprint density at radius 2 is 1.71 bits per heavy atom. The van der Waals surface area contributed by atoms with E-state index in [2.05, 4.69) is 20.8 Å². The lowest BCUT2D eigenvalue weighted by Crippen LogP contribution is -2.31. The van der Waals surface area contributed by atoms with Gasteiger partial charge in [0.25, 0.3) is 0 Å². The number of para-hydroxylation sites is 1. The normalized spacial score (nSPS) is 19.3. The summed E-state index contributed by atoms with van der Waals surface area (Å²) in [6.45, 7) is 1.97. The lowest BCUT2D eigenvalue weighted by Gasteiger charge is -2.36. The standard InChI is InChI=1S/C28H29N5O4S/c1-19(35)29-16-20-7-13-23(14-8-20)27-36-25(15-26(37-27)22-11-9-21(17-34)10-12-22)18-38-28-30-31-32-33(28)24-5-3-2-4-6-24/h2-14,25-27,34H,15-18H2,1H3,(H,29,35)/t25-,26+,27+/m0/s1. The summed E-state index contributed by atoms with van der Waals surface area (Å²) in [5.74, 6) is 0.570. The predicted octanol–water partition coefficient (Wildman–Crippen LogP) is 4.13. The van der Waals surface area contributed by atoms with Gasteiger partial charge in [0.2, 0.25) is 11.1 Å². The number of amides is 1. The van der Waals surface area contributed by atoms with Crippen LogP contribution in [0.15, 0.2) is 84.0 Å². The number of thioether (sulfide) groups is 1. The Hall–Kier alpha value is -3.57. The van der Waals surface area contributed by atoms with Crippen molar-refractivity contribution in [3.8, 4) is 5.69 Å². The molecule has 38 heavy (non-hydrogen) atoms. The number of carbonyl (C=O) groups is 1. The Bertz CT molecular complexity index is 1330. The van der Waals surface area contributed by atoms with E-state index in [1.54, 1.807) is 16.4 Å². The van der Waals surface area contributed by atoms with Crippen molar-refractivity contribution in [3.63, 3.8) is 0 Å². The fourth-order valence-corrected chi connectivity index (χ4v) is 5.12. The highest BCUT2D eigenvalue weighted by Gasteiger charge is 2.32. The molecule has 0 bridgehead atoms. The number of hydrogen-bond donors (Lipinski definition) is 2. The highest BCUT2D eigenvalue weighted by atomic mass is 32.2. The van der Waals surface area contributed by atoms with Gasteiger partial charge in [-0.15, -0.1) is 5.10 Å². The van der Waals surface area contributed by atoms with E-state index in [9.17, 15) is 9.90 Å². The number of benzene rings is 3. The molecule has 10 heteroatoms. The lowest BCUT2D eigenvalue weighted by atomic mass is 10.0. The molecule has 0 aliphatic carbocycles. The molecule has 3 atom stereocenters. The van der Waals surface area contributed by atoms with Gasteiger partial charge in [-0.05, 0) is 39.2 Å². The number of nitrogens with zero attached hydrogens (tertiary/aromatic N) is 4. The van der Waals surface area contributed by atoms with Crippen LogP contribution in [0.2, 0.25) is 0 Å². The molecule has 5 rings (SSSR count). The number of ether oxygens (including phenoxy) is 2. The summed E-state index contributed by atoms with van der Waals surface area (Å²) in [5, 5.41) is 25.2. The monoisotopic (exact) mass is 531 g/mol. The first-order valence-electron chi connectivity index (χ1n) is 12.4. The van der Waals surface area contributed by atoms with Crippen LogP contribution < -0.4 is 5.32 Å². The summed E-state index contributed by atoms with van der Waals surface area (Å²) in [7, 11) is 0. The van der Waals surface area contributed by atoms with Gasteiger partial charge in [-0.1, -0.05) is 78.5 Å². The molecule has 0 radical (unpaired) electrons. The van der Waals surface area contributed by atoms with Crippen molar-refractivity contribution in [2.45, 2.75) is 50.2 Å². The summed E-state index contributed by atoms with van der Waals surface area (Å²) in [5.41, 5.74) is 4.67. The summed E-state index contributed by atoms with van der Waals surface area (Å²) < 4.78 is 14.6. The molecule has 0 spiro atoms. The van der Waals surface area contributed by atoms with E-state index >= 15 is 0 Å². The second kappa shape index (κ2) is 12.3. The molecule has 1 aliphatic rings. The van der Waals surface area contributed by atoms with Gasteiger partial charge < -0.3 is 19.9 Å². The van der Waals surface area contributed by atoms with E-state index in [1.807, 2.05) is 78.9 Å². The maximum atomic E-state index is 11.2. The van der Waals surface area contributed by atoms with E-state index < -0.39 is 6.29 Å². The SMILES string of the molecule is CC(=O)NCc1ccc([C@@H]2O[C@H](CSc3nnnn3-c3ccccc3)C[C@H](c3ccc(CO)cc3)O2)cc1. The Balaban J connectivity index is 1.33. The zero-order chi connectivity index (χ0) is 26.3. The number of tetrazole rings is 1. The zero-order valence-electron chi connectivity index (χ0n) is 20.9. The molecular weight excluding hydrogens is 502 g/mol. The molecule has 9 nitrogen and oxygen atoms in total. The van der Waals surface area contributed by atoms with Gasteiger partial charge in [0.05, 0.1) is 24.5 Å². The molecule has 0 saturated carbocycles. The molecule has 1 fully saturated rings. The molecule has 2 heterocycles. The molecule has 4 aromatic rings. The highest BCUT2D eigenvalue weighted by Crippen LogP contribution is 2.39. The minimum Gasteiger partial charge on any atom is -0.392 e. The first-order chi connectivity index (χ1) is 18.6. The van der Waals surface area contributed by atoms with Crippen LogP contribution in [0.5, 0.6) is 0 Å². The van der Waals surface area contributed by atoms with Crippen LogP contribution >= 0.6 is 11.8 Å². The van der Waals surface area contributed by atoms with Gasteiger partial charge in [0, 0.05) is 31.2 Å². The number of hydrogen-bond acceptors (Lipinski definition) is 8. The van der Waals surface area contributed by atoms with Gasteiger partial charge >= 0.3 is 0 Å². The average Bonchev–Trinajstić information content (AvgIpc) is 3.44. The van der Waals surface area contributed by atoms with Gasteiger partial charge in [0.1, 0.15) is 0 Å². The van der Waals surface area contributed by atoms with E-state index in [0.717, 1.165) is 27.9 Å². The third-order valence-electron chi connectivity index (χ3n) is 6.25. The summed E-state index contributed by atoms with van der Waals surface area (Å²) >= 11 is 1.54. The van der Waals surface area contributed by atoms with Crippen LogP contribution in [0.4, 0.5) is 0 Å². The first-order valence-corrected chi connectivity index (χ1v) is 13.4. The van der Waals surface area contributed by atoms with Crippen molar-refractivity contribution in [2.24, 2.45) is 0 Å². The molecule has 3 aromatic carbocycles. The summed E-state index contributed by atoms with van der Waals surface area (Å²) in [6.07, 6.45) is -0.204. The largest absolute Gasteiger partial charge is 0.392 e. The number of aliphatic hydroxyl groups is 1. The number of nitrogens with one attached hydrogen (secondary N) is 1. The first kappa shape index (κ1) is 26.1. The number of rotatable bonds is 9. The van der Waals surface area contributed by atoms with Gasteiger partial charge in [-0.2, -0.15) is 4.68 Å². The van der Waals surface area contributed by atoms with E-state index in [1.165, 1.54) is 6.92 Å². The highest BCUT2D eigenvalue weighted by molar-refractivity contribution is 7.99. The van der Waals surface area contributed by atoms with Crippen LogP contribution in [0.3, 0.4) is 0 Å². The van der Waals surface area contributed by atoms with Gasteiger partial charge in [-0.3, -0.25) is 4.79 Å². The maximum absolute atomic E-state index is 11.2. The number of aliphatic hydroxyl groups excluding tert-OH is 1. The minimum atomic E-state index is -0.559. The quantitative estimate of drug-likeness (QED) is 0.310. The van der Waals surface area contributed by atoms with Crippen molar-refractivity contribution in [1.29, 1.82) is 0 Å². The molecule has 1 saturated heterocycles. The minimum absolute atomic E-state index is 0.00221. The second-order valence-corrected chi connectivity index (χ2v) is 10.0. The van der Waals surface area contributed by atoms with Crippen LogP contribution in [0.1, 0.15) is 48.0 Å².